The van der Waals surface area contributed by atoms with E-state index in [-0.39, 0.29) is 11.0 Å². The number of hydrogen-bond donors (Lipinski definition) is 2. The fraction of sp³-hybridized carbons (Fsp3) is 0.667. The highest BCUT2D eigenvalue weighted by molar-refractivity contribution is 7.89. The lowest BCUT2D eigenvalue weighted by molar-refractivity contribution is 0.105. The average Bonchev–Trinajstić information content (AvgIpc) is 2.90. The zero-order valence-electron chi connectivity index (χ0n) is 8.85. The van der Waals surface area contributed by atoms with Gasteiger partial charge in [0.1, 0.15) is 4.90 Å². The zero-order chi connectivity index (χ0) is 11.4. The van der Waals surface area contributed by atoms with E-state index in [9.17, 15) is 8.42 Å². The summed E-state index contributed by atoms with van der Waals surface area (Å²) in [4.78, 5) is 0.167. The summed E-state index contributed by atoms with van der Waals surface area (Å²) in [6.07, 6.45) is 5.65. The Hall–Kier alpha value is -0.920. The molecule has 0 saturated carbocycles. The van der Waals surface area contributed by atoms with Gasteiger partial charge in [-0.15, -0.1) is 0 Å². The minimum Gasteiger partial charge on any atom is -0.378 e. The van der Waals surface area contributed by atoms with E-state index < -0.39 is 10.0 Å². The van der Waals surface area contributed by atoms with E-state index in [2.05, 4.69) is 14.9 Å². The van der Waals surface area contributed by atoms with Crippen molar-refractivity contribution in [1.82, 2.24) is 14.9 Å². The van der Waals surface area contributed by atoms with Crippen LogP contribution in [-0.2, 0) is 14.8 Å². The van der Waals surface area contributed by atoms with Gasteiger partial charge in [-0.05, 0) is 19.3 Å². The van der Waals surface area contributed by atoms with Crippen LogP contribution in [0.3, 0.4) is 0 Å². The molecule has 6 nitrogen and oxygen atoms in total. The fourth-order valence-electron chi connectivity index (χ4n) is 1.70. The molecule has 0 aliphatic carbocycles. The van der Waals surface area contributed by atoms with Crippen LogP contribution >= 0.6 is 0 Å². The third-order valence-corrected chi connectivity index (χ3v) is 3.99. The lowest BCUT2D eigenvalue weighted by atomic mass is 10.2. The highest BCUT2D eigenvalue weighted by Gasteiger charge is 2.18. The van der Waals surface area contributed by atoms with Crippen LogP contribution in [0.2, 0.25) is 0 Å². The molecule has 0 spiro atoms. The Morgan fingerprint density at radius 3 is 3.12 bits per heavy atom. The average molecular weight is 245 g/mol. The highest BCUT2D eigenvalue weighted by Crippen LogP contribution is 2.14. The highest BCUT2D eigenvalue weighted by atomic mass is 32.2. The molecule has 1 aliphatic rings. The second kappa shape index (κ2) is 4.94. The first kappa shape index (κ1) is 11.6. The Morgan fingerprint density at radius 2 is 2.50 bits per heavy atom. The molecule has 0 radical (unpaired) electrons. The van der Waals surface area contributed by atoms with E-state index in [0.717, 1.165) is 25.9 Å². The summed E-state index contributed by atoms with van der Waals surface area (Å²) >= 11 is 0. The summed E-state index contributed by atoms with van der Waals surface area (Å²) in [6, 6.07) is 0. The fourth-order valence-corrected chi connectivity index (χ4v) is 2.65. The largest absolute Gasteiger partial charge is 0.378 e. The van der Waals surface area contributed by atoms with Crippen molar-refractivity contribution in [3.63, 3.8) is 0 Å². The van der Waals surface area contributed by atoms with Crippen LogP contribution in [0.15, 0.2) is 17.3 Å². The topological polar surface area (TPSA) is 84.1 Å². The molecule has 1 atom stereocenters. The van der Waals surface area contributed by atoms with E-state index in [1.54, 1.807) is 0 Å². The molecule has 90 valence electrons. The smallest absolute Gasteiger partial charge is 0.243 e. The first-order chi connectivity index (χ1) is 7.68. The number of aromatic nitrogens is 2. The van der Waals surface area contributed by atoms with Crippen molar-refractivity contribution in [2.75, 3.05) is 13.2 Å². The van der Waals surface area contributed by atoms with Crippen LogP contribution in [0.25, 0.3) is 0 Å². The first-order valence-electron chi connectivity index (χ1n) is 5.28. The van der Waals surface area contributed by atoms with Crippen molar-refractivity contribution < 1.29 is 13.2 Å². The minimum atomic E-state index is -3.41. The second-order valence-corrected chi connectivity index (χ2v) is 5.52. The molecule has 2 heterocycles. The maximum absolute atomic E-state index is 11.7. The maximum atomic E-state index is 11.7. The number of sulfonamides is 1. The Morgan fingerprint density at radius 1 is 1.62 bits per heavy atom. The molecule has 0 bridgehead atoms. The molecule has 16 heavy (non-hydrogen) atoms. The van der Waals surface area contributed by atoms with Gasteiger partial charge in [-0.2, -0.15) is 5.10 Å². The summed E-state index contributed by atoms with van der Waals surface area (Å²) in [6.45, 7) is 1.19. The number of hydrogen-bond acceptors (Lipinski definition) is 4. The van der Waals surface area contributed by atoms with Gasteiger partial charge < -0.3 is 4.74 Å². The molecule has 1 aliphatic heterocycles. The molecule has 1 aromatic heterocycles. The van der Waals surface area contributed by atoms with Crippen LogP contribution in [-0.4, -0.2) is 37.9 Å². The third-order valence-electron chi connectivity index (χ3n) is 2.57. The summed E-state index contributed by atoms with van der Waals surface area (Å²) in [5.74, 6) is 0. The maximum Gasteiger partial charge on any atom is 0.243 e. The van der Waals surface area contributed by atoms with Crippen LogP contribution in [0.4, 0.5) is 0 Å². The van der Waals surface area contributed by atoms with E-state index >= 15 is 0 Å². The Labute approximate surface area is 94.4 Å². The van der Waals surface area contributed by atoms with E-state index in [4.69, 9.17) is 4.74 Å². The van der Waals surface area contributed by atoms with Crippen molar-refractivity contribution in [3.8, 4) is 0 Å². The van der Waals surface area contributed by atoms with Crippen LogP contribution in [0.5, 0.6) is 0 Å². The molecular weight excluding hydrogens is 230 g/mol. The number of ether oxygens (including phenoxy) is 1. The summed E-state index contributed by atoms with van der Waals surface area (Å²) in [5.41, 5.74) is 0. The molecule has 1 aromatic rings. The van der Waals surface area contributed by atoms with Gasteiger partial charge in [-0.25, -0.2) is 13.1 Å². The Kier molecular flexibility index (Phi) is 3.57. The van der Waals surface area contributed by atoms with Crippen LogP contribution in [0, 0.1) is 0 Å². The van der Waals surface area contributed by atoms with E-state index in [1.807, 2.05) is 0 Å². The van der Waals surface area contributed by atoms with Gasteiger partial charge in [0, 0.05) is 19.3 Å². The molecule has 1 fully saturated rings. The normalized spacial score (nSPS) is 21.4. The number of H-pyrrole nitrogens is 1. The molecule has 1 saturated heterocycles. The molecule has 2 N–H and O–H groups in total. The SMILES string of the molecule is O=S(=O)(NCCC1CCCO1)c1cn[nH]c1. The zero-order valence-corrected chi connectivity index (χ0v) is 9.66. The van der Waals surface area contributed by atoms with Gasteiger partial charge in [0.05, 0.1) is 12.3 Å². The predicted molar refractivity (Wildman–Crippen MR) is 57.4 cm³/mol. The van der Waals surface area contributed by atoms with Gasteiger partial charge >= 0.3 is 0 Å². The lowest BCUT2D eigenvalue weighted by Crippen LogP contribution is -2.27. The first-order valence-corrected chi connectivity index (χ1v) is 6.77. The number of rotatable bonds is 5. The van der Waals surface area contributed by atoms with Gasteiger partial charge in [0.15, 0.2) is 0 Å². The minimum absolute atomic E-state index is 0.167. The van der Waals surface area contributed by atoms with Gasteiger partial charge in [-0.1, -0.05) is 0 Å². The predicted octanol–water partition coefficient (Wildman–Crippen LogP) is 0.257. The molecule has 7 heteroatoms. The van der Waals surface area contributed by atoms with Gasteiger partial charge in [0.2, 0.25) is 10.0 Å². The van der Waals surface area contributed by atoms with Crippen molar-refractivity contribution in [1.29, 1.82) is 0 Å². The van der Waals surface area contributed by atoms with Crippen molar-refractivity contribution >= 4 is 10.0 Å². The van der Waals surface area contributed by atoms with Crippen molar-refractivity contribution in [2.45, 2.75) is 30.3 Å². The van der Waals surface area contributed by atoms with Crippen LogP contribution < -0.4 is 4.72 Å². The molecule has 0 amide bonds. The molecular formula is C9H15N3O3S. The second-order valence-electron chi connectivity index (χ2n) is 3.76. The standard InChI is InChI=1S/C9H15N3O3S/c13-16(14,9-6-10-11-7-9)12-4-3-8-2-1-5-15-8/h6-8,12H,1-5H2,(H,10,11). The van der Waals surface area contributed by atoms with Gasteiger partial charge in [0.25, 0.3) is 0 Å². The summed E-state index contributed by atoms with van der Waals surface area (Å²) in [7, 11) is -3.41. The van der Waals surface area contributed by atoms with Crippen LogP contribution in [0.1, 0.15) is 19.3 Å². The van der Waals surface area contributed by atoms with E-state index in [0.29, 0.717) is 6.54 Å². The lowest BCUT2D eigenvalue weighted by Gasteiger charge is -2.09. The molecule has 0 aromatic carbocycles. The third kappa shape index (κ3) is 2.81. The summed E-state index contributed by atoms with van der Waals surface area (Å²) < 4.78 is 31.2. The van der Waals surface area contributed by atoms with E-state index in [1.165, 1.54) is 12.4 Å². The number of nitrogens with one attached hydrogen (secondary N) is 2. The number of nitrogens with zero attached hydrogens (tertiary/aromatic N) is 1. The molecule has 2 rings (SSSR count). The van der Waals surface area contributed by atoms with Gasteiger partial charge in [-0.3, -0.25) is 5.10 Å². The van der Waals surface area contributed by atoms with Crippen molar-refractivity contribution in [2.24, 2.45) is 0 Å². The van der Waals surface area contributed by atoms with Crippen molar-refractivity contribution in [3.05, 3.63) is 12.4 Å². The summed E-state index contributed by atoms with van der Waals surface area (Å²) in [5, 5.41) is 6.08. The monoisotopic (exact) mass is 245 g/mol. The Bertz CT molecular complexity index is 409. The Balaban J connectivity index is 1.81. The molecule has 1 unspecified atom stereocenters. The number of aromatic amines is 1. The quantitative estimate of drug-likeness (QED) is 0.779.